The number of nitrogens with zero attached hydrogens (tertiary/aromatic N) is 1. The van der Waals surface area contributed by atoms with Gasteiger partial charge in [0.2, 0.25) is 10.0 Å². The molecule has 1 heterocycles. The molecule has 78 valence electrons. The van der Waals surface area contributed by atoms with E-state index in [1.807, 2.05) is 18.7 Å². The minimum Gasteiger partial charge on any atom is -0.212 e. The third-order valence-corrected chi connectivity index (χ3v) is 5.57. The van der Waals surface area contributed by atoms with Crippen LogP contribution in [0.4, 0.5) is 0 Å². The normalized spacial score (nSPS) is 24.1. The maximum Gasteiger partial charge on any atom is 0.214 e. The third-order valence-electron chi connectivity index (χ3n) is 2.32. The molecular formula is C8H17NO2S2. The molecule has 1 fully saturated rings. The van der Waals surface area contributed by atoms with E-state index in [2.05, 4.69) is 0 Å². The quantitative estimate of drug-likeness (QED) is 0.718. The van der Waals surface area contributed by atoms with Gasteiger partial charge in [0.25, 0.3) is 0 Å². The van der Waals surface area contributed by atoms with Crippen molar-refractivity contribution in [3.63, 3.8) is 0 Å². The fraction of sp³-hybridized carbons (Fsp3) is 1.00. The summed E-state index contributed by atoms with van der Waals surface area (Å²) >= 11 is 1.84. The van der Waals surface area contributed by atoms with Crippen LogP contribution < -0.4 is 0 Å². The van der Waals surface area contributed by atoms with Crippen LogP contribution in [-0.4, -0.2) is 43.1 Å². The van der Waals surface area contributed by atoms with Crippen molar-refractivity contribution in [1.82, 2.24) is 4.31 Å². The molecule has 0 aromatic rings. The first kappa shape index (κ1) is 11.3. The second-order valence-electron chi connectivity index (χ2n) is 3.35. The van der Waals surface area contributed by atoms with E-state index in [0.717, 1.165) is 17.9 Å². The lowest BCUT2D eigenvalue weighted by atomic mass is 10.3. The molecule has 1 rings (SSSR count). The van der Waals surface area contributed by atoms with Crippen molar-refractivity contribution < 1.29 is 8.42 Å². The van der Waals surface area contributed by atoms with Gasteiger partial charge in [-0.3, -0.25) is 0 Å². The first-order valence-corrected chi connectivity index (χ1v) is 7.37. The fourth-order valence-electron chi connectivity index (χ4n) is 1.44. The molecule has 0 aliphatic carbocycles. The van der Waals surface area contributed by atoms with E-state index in [1.165, 1.54) is 0 Å². The van der Waals surface area contributed by atoms with Crippen molar-refractivity contribution in [1.29, 1.82) is 0 Å². The van der Waals surface area contributed by atoms with Gasteiger partial charge in [-0.25, -0.2) is 12.7 Å². The molecule has 0 spiro atoms. The van der Waals surface area contributed by atoms with Crippen LogP contribution in [0.15, 0.2) is 0 Å². The lowest BCUT2D eigenvalue weighted by Gasteiger charge is -2.22. The van der Waals surface area contributed by atoms with Crippen molar-refractivity contribution in [2.24, 2.45) is 0 Å². The van der Waals surface area contributed by atoms with E-state index in [9.17, 15) is 8.42 Å². The van der Waals surface area contributed by atoms with Crippen LogP contribution in [0, 0.1) is 0 Å². The zero-order chi connectivity index (χ0) is 9.90. The summed E-state index contributed by atoms with van der Waals surface area (Å²) in [6.07, 6.45) is 1.71. The summed E-state index contributed by atoms with van der Waals surface area (Å²) in [6.45, 7) is 1.90. The molecule has 0 aromatic heterocycles. The summed E-state index contributed by atoms with van der Waals surface area (Å²) in [6, 6.07) is 0.238. The van der Waals surface area contributed by atoms with E-state index in [4.69, 9.17) is 0 Å². The molecule has 0 aromatic carbocycles. The molecule has 1 atom stereocenters. The maximum absolute atomic E-state index is 11.6. The van der Waals surface area contributed by atoms with Crippen LogP contribution in [0.25, 0.3) is 0 Å². The van der Waals surface area contributed by atoms with Gasteiger partial charge in [0.15, 0.2) is 0 Å². The van der Waals surface area contributed by atoms with E-state index in [1.54, 1.807) is 11.4 Å². The van der Waals surface area contributed by atoms with Gasteiger partial charge in [-0.15, -0.1) is 0 Å². The van der Waals surface area contributed by atoms with Gasteiger partial charge in [0, 0.05) is 18.8 Å². The highest BCUT2D eigenvalue weighted by molar-refractivity contribution is 7.99. The van der Waals surface area contributed by atoms with Gasteiger partial charge >= 0.3 is 0 Å². The predicted octanol–water partition coefficient (Wildman–Crippen LogP) is 1.16. The highest BCUT2D eigenvalue weighted by Crippen LogP contribution is 2.23. The molecule has 1 unspecified atom stereocenters. The molecule has 1 aliphatic rings. The summed E-state index contributed by atoms with van der Waals surface area (Å²) in [5, 5.41) is 0. The smallest absolute Gasteiger partial charge is 0.212 e. The largest absolute Gasteiger partial charge is 0.214 e. The minimum absolute atomic E-state index is 0.238. The monoisotopic (exact) mass is 223 g/mol. The van der Waals surface area contributed by atoms with Crippen LogP contribution in [0.2, 0.25) is 0 Å². The van der Waals surface area contributed by atoms with Gasteiger partial charge in [-0.1, -0.05) is 6.92 Å². The van der Waals surface area contributed by atoms with Gasteiger partial charge in [-0.05, 0) is 18.6 Å². The lowest BCUT2D eigenvalue weighted by Crippen LogP contribution is -2.38. The van der Waals surface area contributed by atoms with Crippen molar-refractivity contribution in [2.45, 2.75) is 25.8 Å². The standard InChI is InChI=1S/C8H17NO2S2/c1-3-6-13(10,11)9(2)8-4-5-12-7-8/h8H,3-7H2,1-2H3. The van der Waals surface area contributed by atoms with Crippen molar-refractivity contribution in [3.8, 4) is 0 Å². The molecule has 0 amide bonds. The number of rotatable bonds is 4. The average Bonchev–Trinajstić information content (AvgIpc) is 2.54. The Balaban J connectivity index is 2.59. The van der Waals surface area contributed by atoms with Crippen molar-refractivity contribution in [2.75, 3.05) is 24.3 Å². The Morgan fingerprint density at radius 3 is 2.69 bits per heavy atom. The summed E-state index contributed by atoms with van der Waals surface area (Å²) < 4.78 is 24.8. The first-order chi connectivity index (χ1) is 6.08. The summed E-state index contributed by atoms with van der Waals surface area (Å²) in [4.78, 5) is 0. The number of hydrogen-bond acceptors (Lipinski definition) is 3. The van der Waals surface area contributed by atoms with Crippen molar-refractivity contribution in [3.05, 3.63) is 0 Å². The third kappa shape index (κ3) is 2.86. The minimum atomic E-state index is -2.97. The molecule has 5 heteroatoms. The molecule has 1 saturated heterocycles. The Labute approximate surface area is 84.9 Å². The molecule has 0 bridgehead atoms. The lowest BCUT2D eigenvalue weighted by molar-refractivity contribution is 0.394. The highest BCUT2D eigenvalue weighted by Gasteiger charge is 2.27. The maximum atomic E-state index is 11.6. The molecular weight excluding hydrogens is 206 g/mol. The summed E-state index contributed by atoms with van der Waals surface area (Å²) in [7, 11) is -1.26. The molecule has 0 N–H and O–H groups in total. The molecule has 3 nitrogen and oxygen atoms in total. The zero-order valence-corrected chi connectivity index (χ0v) is 9.83. The summed E-state index contributed by atoms with van der Waals surface area (Å²) in [5.74, 6) is 2.33. The van der Waals surface area contributed by atoms with E-state index in [-0.39, 0.29) is 11.8 Å². The Kier molecular flexibility index (Phi) is 4.06. The van der Waals surface area contributed by atoms with Gasteiger partial charge in [-0.2, -0.15) is 11.8 Å². The predicted molar refractivity (Wildman–Crippen MR) is 57.6 cm³/mol. The highest BCUT2D eigenvalue weighted by atomic mass is 32.2. The molecule has 0 saturated carbocycles. The van der Waals surface area contributed by atoms with Crippen molar-refractivity contribution >= 4 is 21.8 Å². The zero-order valence-electron chi connectivity index (χ0n) is 8.19. The van der Waals surface area contributed by atoms with Crippen LogP contribution in [0.1, 0.15) is 19.8 Å². The number of hydrogen-bond donors (Lipinski definition) is 0. The van der Waals surface area contributed by atoms with Gasteiger partial charge in [0.1, 0.15) is 0 Å². The second kappa shape index (κ2) is 4.66. The van der Waals surface area contributed by atoms with Crippen LogP contribution in [0.5, 0.6) is 0 Å². The Morgan fingerprint density at radius 2 is 2.23 bits per heavy atom. The number of sulfonamides is 1. The average molecular weight is 223 g/mol. The van der Waals surface area contributed by atoms with E-state index >= 15 is 0 Å². The SMILES string of the molecule is CCCS(=O)(=O)N(C)C1CCSC1. The molecule has 1 aliphatic heterocycles. The van der Waals surface area contributed by atoms with E-state index < -0.39 is 10.0 Å². The molecule has 13 heavy (non-hydrogen) atoms. The Hall–Kier alpha value is 0.260. The number of thioether (sulfide) groups is 1. The fourth-order valence-corrected chi connectivity index (χ4v) is 4.24. The second-order valence-corrected chi connectivity index (χ2v) is 6.65. The topological polar surface area (TPSA) is 37.4 Å². The van der Waals surface area contributed by atoms with Gasteiger partial charge < -0.3 is 0 Å². The Morgan fingerprint density at radius 1 is 1.54 bits per heavy atom. The van der Waals surface area contributed by atoms with Crippen LogP contribution in [0.3, 0.4) is 0 Å². The molecule has 0 radical (unpaired) electrons. The Bertz CT molecular complexity index is 245. The van der Waals surface area contributed by atoms with Gasteiger partial charge in [0.05, 0.1) is 5.75 Å². The first-order valence-electron chi connectivity index (χ1n) is 4.61. The van der Waals surface area contributed by atoms with Crippen LogP contribution in [-0.2, 0) is 10.0 Å². The van der Waals surface area contributed by atoms with E-state index in [0.29, 0.717) is 6.42 Å². The van der Waals surface area contributed by atoms with Crippen LogP contribution >= 0.6 is 11.8 Å². The summed E-state index contributed by atoms with van der Waals surface area (Å²) in [5.41, 5.74) is 0.